The molecule has 1 heterocycles. The minimum absolute atomic E-state index is 0.510. The normalized spacial score (nSPS) is 13.5. The fourth-order valence-electron chi connectivity index (χ4n) is 2.45. The monoisotopic (exact) mass is 266 g/mol. The van der Waals surface area contributed by atoms with Crippen LogP contribution in [0, 0.1) is 13.8 Å². The molecule has 1 aromatic rings. The summed E-state index contributed by atoms with van der Waals surface area (Å²) in [6.07, 6.45) is 0. The fraction of sp³-hybridized carbons (Fsp3) is 0.800. The molecule has 4 heteroatoms. The maximum Gasteiger partial charge on any atom is 0.0631 e. The summed E-state index contributed by atoms with van der Waals surface area (Å²) < 4.78 is 2.15. The van der Waals surface area contributed by atoms with E-state index in [-0.39, 0.29) is 0 Å². The number of nitrogens with one attached hydrogen (secondary N) is 1. The van der Waals surface area contributed by atoms with Crippen LogP contribution in [0.2, 0.25) is 0 Å². The van der Waals surface area contributed by atoms with Crippen LogP contribution >= 0.6 is 0 Å². The zero-order valence-corrected chi connectivity index (χ0v) is 13.6. The van der Waals surface area contributed by atoms with E-state index in [4.69, 9.17) is 5.10 Å². The van der Waals surface area contributed by atoms with Crippen molar-refractivity contribution in [1.29, 1.82) is 0 Å². The van der Waals surface area contributed by atoms with Gasteiger partial charge in [0.2, 0.25) is 0 Å². The smallest absolute Gasteiger partial charge is 0.0631 e. The van der Waals surface area contributed by atoms with E-state index in [1.807, 2.05) is 0 Å². The quantitative estimate of drug-likeness (QED) is 0.821. The summed E-state index contributed by atoms with van der Waals surface area (Å²) in [5.41, 5.74) is 3.90. The lowest BCUT2D eigenvalue weighted by Crippen LogP contribution is -2.27. The second-order valence-corrected chi connectivity index (χ2v) is 6.07. The Morgan fingerprint density at radius 2 is 1.84 bits per heavy atom. The number of aromatic nitrogens is 2. The van der Waals surface area contributed by atoms with E-state index in [0.717, 1.165) is 19.6 Å². The van der Waals surface area contributed by atoms with Gasteiger partial charge in [-0.2, -0.15) is 5.10 Å². The Labute approximate surface area is 118 Å². The average molecular weight is 266 g/mol. The van der Waals surface area contributed by atoms with Crippen molar-refractivity contribution in [1.82, 2.24) is 20.0 Å². The first kappa shape index (κ1) is 16.2. The largest absolute Gasteiger partial charge is 0.314 e. The van der Waals surface area contributed by atoms with Crippen LogP contribution in [-0.2, 0) is 6.54 Å². The van der Waals surface area contributed by atoms with Crippen molar-refractivity contribution in [3.05, 3.63) is 17.0 Å². The van der Waals surface area contributed by atoms with Crippen molar-refractivity contribution < 1.29 is 0 Å². The zero-order chi connectivity index (χ0) is 14.6. The van der Waals surface area contributed by atoms with Crippen molar-refractivity contribution in [2.45, 2.75) is 53.1 Å². The van der Waals surface area contributed by atoms with Crippen molar-refractivity contribution in [2.75, 3.05) is 27.2 Å². The fourth-order valence-corrected chi connectivity index (χ4v) is 2.45. The van der Waals surface area contributed by atoms with Crippen LogP contribution in [0.5, 0.6) is 0 Å². The van der Waals surface area contributed by atoms with Gasteiger partial charge in [0, 0.05) is 24.8 Å². The van der Waals surface area contributed by atoms with Crippen molar-refractivity contribution in [3.63, 3.8) is 0 Å². The van der Waals surface area contributed by atoms with Gasteiger partial charge in [-0.3, -0.25) is 4.68 Å². The van der Waals surface area contributed by atoms with Gasteiger partial charge < -0.3 is 10.2 Å². The highest BCUT2D eigenvalue weighted by Crippen LogP contribution is 2.22. The van der Waals surface area contributed by atoms with Crippen LogP contribution < -0.4 is 5.32 Å². The molecule has 1 atom stereocenters. The van der Waals surface area contributed by atoms with Crippen LogP contribution in [0.25, 0.3) is 0 Å². The van der Waals surface area contributed by atoms with E-state index >= 15 is 0 Å². The van der Waals surface area contributed by atoms with Gasteiger partial charge in [0.25, 0.3) is 0 Å². The Bertz CT molecular complexity index is 393. The molecular formula is C15H30N4. The summed E-state index contributed by atoms with van der Waals surface area (Å²) in [7, 11) is 4.20. The third kappa shape index (κ3) is 4.62. The molecule has 1 unspecified atom stereocenters. The Kier molecular flexibility index (Phi) is 6.01. The minimum atomic E-state index is 0.510. The highest BCUT2D eigenvalue weighted by molar-refractivity contribution is 5.28. The van der Waals surface area contributed by atoms with E-state index in [9.17, 15) is 0 Å². The van der Waals surface area contributed by atoms with E-state index in [2.05, 4.69) is 63.6 Å². The lowest BCUT2D eigenvalue weighted by molar-refractivity contribution is 0.370. The van der Waals surface area contributed by atoms with Gasteiger partial charge in [-0.05, 0) is 39.4 Å². The summed E-state index contributed by atoms with van der Waals surface area (Å²) in [5.74, 6) is 0.510. The molecule has 1 N–H and O–H groups in total. The first-order valence-electron chi connectivity index (χ1n) is 7.25. The number of aryl methyl sites for hydroxylation is 1. The van der Waals surface area contributed by atoms with Crippen molar-refractivity contribution in [3.8, 4) is 0 Å². The van der Waals surface area contributed by atoms with E-state index in [1.165, 1.54) is 17.0 Å². The number of likely N-dealkylation sites (N-methyl/N-ethyl adjacent to an activating group) is 1. The maximum absolute atomic E-state index is 4.69. The highest BCUT2D eigenvalue weighted by Gasteiger charge is 2.17. The predicted octanol–water partition coefficient (Wildman–Crippen LogP) is 2.16. The molecule has 0 spiro atoms. The first-order chi connectivity index (χ1) is 8.82. The molecule has 1 aromatic heterocycles. The van der Waals surface area contributed by atoms with Crippen LogP contribution in [0.15, 0.2) is 0 Å². The topological polar surface area (TPSA) is 33.1 Å². The van der Waals surface area contributed by atoms with Gasteiger partial charge >= 0.3 is 0 Å². The lowest BCUT2D eigenvalue weighted by atomic mass is 9.99. The standard InChI is InChI=1S/C15H30N4/c1-11(2)16-10-12(3)15-13(4)17-19(14(15)5)9-8-18(6)7/h11-12,16H,8-10H2,1-7H3. The van der Waals surface area contributed by atoms with Gasteiger partial charge in [0.05, 0.1) is 12.2 Å². The van der Waals surface area contributed by atoms with Crippen molar-refractivity contribution in [2.24, 2.45) is 0 Å². The van der Waals surface area contributed by atoms with Crippen LogP contribution in [0.4, 0.5) is 0 Å². The van der Waals surface area contributed by atoms with E-state index in [0.29, 0.717) is 12.0 Å². The summed E-state index contributed by atoms with van der Waals surface area (Å²) in [6.45, 7) is 14.0. The number of rotatable bonds is 7. The molecule has 0 fully saturated rings. The molecule has 0 aromatic carbocycles. The molecule has 0 aliphatic heterocycles. The third-order valence-corrected chi connectivity index (χ3v) is 3.52. The molecule has 0 saturated carbocycles. The Morgan fingerprint density at radius 3 is 2.37 bits per heavy atom. The molecule has 0 bridgehead atoms. The molecular weight excluding hydrogens is 236 g/mol. The molecule has 19 heavy (non-hydrogen) atoms. The summed E-state index contributed by atoms with van der Waals surface area (Å²) in [4.78, 5) is 2.19. The average Bonchev–Trinajstić information content (AvgIpc) is 2.58. The summed E-state index contributed by atoms with van der Waals surface area (Å²) in [6, 6.07) is 0.534. The first-order valence-corrected chi connectivity index (χ1v) is 7.25. The van der Waals surface area contributed by atoms with Gasteiger partial charge in [0.1, 0.15) is 0 Å². The van der Waals surface area contributed by atoms with Crippen LogP contribution in [0.1, 0.15) is 43.6 Å². The molecule has 0 aliphatic carbocycles. The maximum atomic E-state index is 4.69. The molecule has 1 rings (SSSR count). The highest BCUT2D eigenvalue weighted by atomic mass is 15.3. The zero-order valence-electron chi connectivity index (χ0n) is 13.6. The molecule has 0 saturated heterocycles. The number of hydrogen-bond acceptors (Lipinski definition) is 3. The Hall–Kier alpha value is -0.870. The number of nitrogens with zero attached hydrogens (tertiary/aromatic N) is 3. The van der Waals surface area contributed by atoms with Crippen LogP contribution in [-0.4, -0.2) is 47.9 Å². The summed E-state index contributed by atoms with van der Waals surface area (Å²) >= 11 is 0. The molecule has 0 amide bonds. The second-order valence-electron chi connectivity index (χ2n) is 6.07. The Morgan fingerprint density at radius 1 is 1.21 bits per heavy atom. The molecule has 0 radical (unpaired) electrons. The predicted molar refractivity (Wildman–Crippen MR) is 81.8 cm³/mol. The number of hydrogen-bond donors (Lipinski definition) is 1. The molecule has 4 nitrogen and oxygen atoms in total. The van der Waals surface area contributed by atoms with E-state index < -0.39 is 0 Å². The minimum Gasteiger partial charge on any atom is -0.314 e. The second kappa shape index (κ2) is 7.06. The van der Waals surface area contributed by atoms with Gasteiger partial charge in [-0.15, -0.1) is 0 Å². The van der Waals surface area contributed by atoms with E-state index in [1.54, 1.807) is 0 Å². The summed E-state index contributed by atoms with van der Waals surface area (Å²) in [5, 5.41) is 8.20. The third-order valence-electron chi connectivity index (χ3n) is 3.52. The SMILES string of the molecule is Cc1nn(CCN(C)C)c(C)c1C(C)CNC(C)C. The van der Waals surface area contributed by atoms with Gasteiger partial charge in [-0.1, -0.05) is 20.8 Å². The van der Waals surface area contributed by atoms with Gasteiger partial charge in [0.15, 0.2) is 0 Å². The van der Waals surface area contributed by atoms with Gasteiger partial charge in [-0.25, -0.2) is 0 Å². The molecule has 110 valence electrons. The Balaban J connectivity index is 2.78. The van der Waals surface area contributed by atoms with Crippen LogP contribution in [0.3, 0.4) is 0 Å². The lowest BCUT2D eigenvalue weighted by Gasteiger charge is -2.16. The molecule has 0 aliphatic rings. The van der Waals surface area contributed by atoms with Crippen molar-refractivity contribution >= 4 is 0 Å².